The molecular weight excluding hydrogens is 381 g/mol. The normalized spacial score (nSPS) is 16.0. The summed E-state index contributed by atoms with van der Waals surface area (Å²) in [5.41, 5.74) is -0.187. The average molecular weight is 408 g/mol. The molecule has 1 aromatic heterocycles. The lowest BCUT2D eigenvalue weighted by Gasteiger charge is -2.17. The summed E-state index contributed by atoms with van der Waals surface area (Å²) < 4.78 is 41.1. The van der Waals surface area contributed by atoms with E-state index in [0.717, 1.165) is 31.2 Å². The van der Waals surface area contributed by atoms with Crippen LogP contribution in [0.4, 0.5) is 13.2 Å². The molecule has 2 N–H and O–H groups in total. The van der Waals surface area contributed by atoms with Crippen molar-refractivity contribution in [3.05, 3.63) is 47.5 Å². The van der Waals surface area contributed by atoms with Gasteiger partial charge in [-0.25, -0.2) is 0 Å². The maximum Gasteiger partial charge on any atom is 0.416 e. The minimum Gasteiger partial charge on any atom is -0.357 e. The number of guanidine groups is 1. The van der Waals surface area contributed by atoms with E-state index in [9.17, 15) is 13.2 Å². The van der Waals surface area contributed by atoms with Gasteiger partial charge in [0.1, 0.15) is 12.2 Å². The summed E-state index contributed by atoms with van der Waals surface area (Å²) in [4.78, 5) is 4.65. The Morgan fingerprint density at radius 3 is 2.69 bits per heavy atom. The maximum atomic E-state index is 13.0. The van der Waals surface area contributed by atoms with Gasteiger partial charge in [-0.1, -0.05) is 25.1 Å². The van der Waals surface area contributed by atoms with Crippen LogP contribution in [0.25, 0.3) is 0 Å². The first-order valence-corrected chi connectivity index (χ1v) is 9.94. The molecule has 0 saturated heterocycles. The molecule has 2 aromatic rings. The Morgan fingerprint density at radius 2 is 2.03 bits per heavy atom. The van der Waals surface area contributed by atoms with Crippen molar-refractivity contribution in [3.63, 3.8) is 0 Å². The number of nitrogens with zero attached hydrogens (tertiary/aromatic N) is 4. The molecule has 1 saturated carbocycles. The van der Waals surface area contributed by atoms with Crippen LogP contribution >= 0.6 is 0 Å². The minimum absolute atomic E-state index is 0.298. The second-order valence-corrected chi connectivity index (χ2v) is 7.27. The number of aliphatic imine (C=N–C) groups is 1. The molecule has 1 aliphatic rings. The van der Waals surface area contributed by atoms with Crippen LogP contribution in [0.15, 0.2) is 35.6 Å². The Bertz CT molecular complexity index is 839. The fourth-order valence-electron chi connectivity index (χ4n) is 3.32. The van der Waals surface area contributed by atoms with Gasteiger partial charge < -0.3 is 15.2 Å². The van der Waals surface area contributed by atoms with E-state index in [-0.39, 0.29) is 5.41 Å². The summed E-state index contributed by atoms with van der Waals surface area (Å²) in [6.07, 6.45) is -0.119. The van der Waals surface area contributed by atoms with Crippen molar-refractivity contribution in [2.24, 2.45) is 4.99 Å². The molecule has 0 aliphatic heterocycles. The summed E-state index contributed by atoms with van der Waals surface area (Å²) in [5, 5.41) is 14.5. The molecule has 158 valence electrons. The quantitative estimate of drug-likeness (QED) is 0.520. The average Bonchev–Trinajstić information content (AvgIpc) is 3.36. The van der Waals surface area contributed by atoms with E-state index >= 15 is 0 Å². The van der Waals surface area contributed by atoms with Gasteiger partial charge in [0.05, 0.1) is 12.1 Å². The molecule has 0 atom stereocenters. The predicted octanol–water partition coefficient (Wildman–Crippen LogP) is 3.15. The van der Waals surface area contributed by atoms with Gasteiger partial charge in [-0.05, 0) is 31.4 Å². The fourth-order valence-corrected chi connectivity index (χ4v) is 3.32. The van der Waals surface area contributed by atoms with E-state index in [2.05, 4.69) is 25.8 Å². The van der Waals surface area contributed by atoms with Crippen LogP contribution in [0.2, 0.25) is 0 Å². The summed E-state index contributed by atoms with van der Waals surface area (Å²) >= 11 is 0. The van der Waals surface area contributed by atoms with Crippen LogP contribution in [0.1, 0.15) is 43.6 Å². The number of alkyl halides is 3. The van der Waals surface area contributed by atoms with Crippen LogP contribution in [0.5, 0.6) is 0 Å². The topological polar surface area (TPSA) is 67.1 Å². The molecule has 0 bridgehead atoms. The molecule has 1 aliphatic carbocycles. The third-order valence-electron chi connectivity index (χ3n) is 5.20. The van der Waals surface area contributed by atoms with Gasteiger partial charge in [0.15, 0.2) is 5.96 Å². The van der Waals surface area contributed by atoms with Crippen LogP contribution in [0.3, 0.4) is 0 Å². The van der Waals surface area contributed by atoms with Crippen LogP contribution in [0, 0.1) is 0 Å². The van der Waals surface area contributed by atoms with Crippen molar-refractivity contribution in [2.75, 3.05) is 19.6 Å². The number of hydrogen-bond acceptors (Lipinski definition) is 3. The molecule has 6 nitrogen and oxygen atoms in total. The van der Waals surface area contributed by atoms with E-state index in [1.165, 1.54) is 12.1 Å². The zero-order chi connectivity index (χ0) is 20.9. The summed E-state index contributed by atoms with van der Waals surface area (Å²) in [6, 6.07) is 5.64. The highest BCUT2D eigenvalue weighted by atomic mass is 19.4. The first kappa shape index (κ1) is 21.1. The Labute approximate surface area is 168 Å². The van der Waals surface area contributed by atoms with Gasteiger partial charge in [0.25, 0.3) is 0 Å². The van der Waals surface area contributed by atoms with Gasteiger partial charge in [-0.3, -0.25) is 4.99 Å². The summed E-state index contributed by atoms with van der Waals surface area (Å²) in [7, 11) is 0. The molecule has 3 rings (SSSR count). The van der Waals surface area contributed by atoms with Crippen molar-refractivity contribution >= 4 is 5.96 Å². The van der Waals surface area contributed by atoms with E-state index in [1.54, 1.807) is 12.4 Å². The molecule has 29 heavy (non-hydrogen) atoms. The number of aromatic nitrogens is 3. The Hall–Kier alpha value is -2.58. The number of rotatable bonds is 8. The van der Waals surface area contributed by atoms with E-state index in [1.807, 2.05) is 18.4 Å². The number of nitrogens with one attached hydrogen (secondary N) is 2. The molecule has 9 heteroatoms. The number of hydrogen-bond donors (Lipinski definition) is 2. The zero-order valence-electron chi connectivity index (χ0n) is 16.8. The Balaban J connectivity index is 1.64. The van der Waals surface area contributed by atoms with Crippen LogP contribution < -0.4 is 10.6 Å². The highest BCUT2D eigenvalue weighted by Crippen LogP contribution is 2.49. The Kier molecular flexibility index (Phi) is 6.44. The van der Waals surface area contributed by atoms with Gasteiger partial charge in [0.2, 0.25) is 0 Å². The molecule has 0 radical (unpaired) electrons. The lowest BCUT2D eigenvalue weighted by molar-refractivity contribution is -0.137. The summed E-state index contributed by atoms with van der Waals surface area (Å²) in [5.74, 6) is 1.59. The van der Waals surface area contributed by atoms with Crippen molar-refractivity contribution in [1.29, 1.82) is 0 Å². The highest BCUT2D eigenvalue weighted by molar-refractivity contribution is 5.79. The SMILES string of the molecule is CCNC(=NCC1(c2cccc(C(F)(F)F)c2)CC1)NCCn1cnnc1CC. The molecule has 0 unspecified atom stereocenters. The third kappa shape index (κ3) is 5.27. The molecule has 1 heterocycles. The minimum atomic E-state index is -4.33. The van der Waals surface area contributed by atoms with Crippen LogP contribution in [-0.2, 0) is 24.6 Å². The predicted molar refractivity (Wildman–Crippen MR) is 106 cm³/mol. The van der Waals surface area contributed by atoms with Gasteiger partial charge in [0, 0.05) is 31.5 Å². The van der Waals surface area contributed by atoms with Gasteiger partial charge in [-0.15, -0.1) is 10.2 Å². The standard InChI is InChI=1S/C20H27F3N6/c1-3-17-28-27-14-29(17)11-10-25-18(24-4-2)26-13-19(8-9-19)15-6-5-7-16(12-15)20(21,22)23/h5-7,12,14H,3-4,8-11,13H2,1-2H3,(H2,24,25,26). The number of aryl methyl sites for hydroxylation is 1. The first-order chi connectivity index (χ1) is 13.9. The van der Waals surface area contributed by atoms with Crippen molar-refractivity contribution in [1.82, 2.24) is 25.4 Å². The lowest BCUT2D eigenvalue weighted by Crippen LogP contribution is -2.39. The highest BCUT2D eigenvalue weighted by Gasteiger charge is 2.45. The second kappa shape index (κ2) is 8.84. The van der Waals surface area contributed by atoms with E-state index in [0.29, 0.717) is 37.7 Å². The van der Waals surface area contributed by atoms with Crippen molar-refractivity contribution < 1.29 is 13.2 Å². The monoisotopic (exact) mass is 408 g/mol. The van der Waals surface area contributed by atoms with Gasteiger partial charge in [-0.2, -0.15) is 13.2 Å². The second-order valence-electron chi connectivity index (χ2n) is 7.27. The Morgan fingerprint density at radius 1 is 1.24 bits per heavy atom. The number of benzene rings is 1. The van der Waals surface area contributed by atoms with Crippen molar-refractivity contribution in [2.45, 2.75) is 51.2 Å². The van der Waals surface area contributed by atoms with E-state index in [4.69, 9.17) is 0 Å². The maximum absolute atomic E-state index is 13.0. The van der Waals surface area contributed by atoms with Gasteiger partial charge >= 0.3 is 6.18 Å². The first-order valence-electron chi connectivity index (χ1n) is 9.94. The zero-order valence-corrected chi connectivity index (χ0v) is 16.8. The molecule has 1 aromatic carbocycles. The largest absolute Gasteiger partial charge is 0.416 e. The van der Waals surface area contributed by atoms with Crippen molar-refractivity contribution in [3.8, 4) is 0 Å². The third-order valence-corrected chi connectivity index (χ3v) is 5.20. The molecular formula is C20H27F3N6. The fraction of sp³-hybridized carbons (Fsp3) is 0.550. The lowest BCUT2D eigenvalue weighted by atomic mass is 9.94. The molecule has 0 amide bonds. The number of halogens is 3. The molecule has 1 fully saturated rings. The smallest absolute Gasteiger partial charge is 0.357 e. The molecule has 0 spiro atoms. The van der Waals surface area contributed by atoms with E-state index < -0.39 is 11.7 Å². The summed E-state index contributed by atoms with van der Waals surface area (Å²) in [6.45, 7) is 6.52. The van der Waals surface area contributed by atoms with Crippen LogP contribution in [-0.4, -0.2) is 40.4 Å².